The number of urea groups is 1. The third-order valence-corrected chi connectivity index (χ3v) is 5.24. The molecule has 0 spiro atoms. The number of carbonyl (C=O) groups is 1. The zero-order chi connectivity index (χ0) is 18.1. The number of nitrogens with one attached hydrogen (secondary N) is 2. The van der Waals surface area contributed by atoms with Gasteiger partial charge in [-0.1, -0.05) is 18.2 Å². The predicted octanol–water partition coefficient (Wildman–Crippen LogP) is 4.19. The summed E-state index contributed by atoms with van der Waals surface area (Å²) < 4.78 is 38.9. The van der Waals surface area contributed by atoms with Crippen LogP contribution in [-0.2, 0) is 11.8 Å². The van der Waals surface area contributed by atoms with E-state index in [0.717, 1.165) is 23.8 Å². The molecule has 0 aliphatic heterocycles. The maximum atomic E-state index is 13.0. The Kier molecular flexibility index (Phi) is 4.75. The van der Waals surface area contributed by atoms with E-state index in [1.807, 2.05) is 11.4 Å². The van der Waals surface area contributed by atoms with Crippen molar-refractivity contribution in [2.45, 2.75) is 24.6 Å². The Morgan fingerprint density at radius 2 is 1.92 bits per heavy atom. The molecular formula is C17H17F3N2O2S. The van der Waals surface area contributed by atoms with Crippen LogP contribution < -0.4 is 10.6 Å². The molecule has 2 aromatic rings. The van der Waals surface area contributed by atoms with Gasteiger partial charge < -0.3 is 15.7 Å². The molecule has 134 valence electrons. The molecule has 1 saturated carbocycles. The number of aliphatic hydroxyl groups is 1. The normalized spacial score (nSPS) is 17.0. The van der Waals surface area contributed by atoms with Crippen LogP contribution in [0.1, 0.15) is 23.3 Å². The van der Waals surface area contributed by atoms with Gasteiger partial charge in [-0.05, 0) is 42.3 Å². The van der Waals surface area contributed by atoms with Crippen LogP contribution in [0, 0.1) is 5.92 Å². The van der Waals surface area contributed by atoms with Gasteiger partial charge >= 0.3 is 12.2 Å². The highest BCUT2D eigenvalue weighted by Gasteiger charge is 2.46. The van der Waals surface area contributed by atoms with Gasteiger partial charge in [-0.3, -0.25) is 0 Å². The molecule has 25 heavy (non-hydrogen) atoms. The fourth-order valence-corrected chi connectivity index (χ4v) is 3.64. The van der Waals surface area contributed by atoms with Crippen LogP contribution >= 0.6 is 11.3 Å². The Morgan fingerprint density at radius 1 is 1.20 bits per heavy atom. The monoisotopic (exact) mass is 370 g/mol. The molecule has 4 nitrogen and oxygen atoms in total. The van der Waals surface area contributed by atoms with Crippen LogP contribution in [0.25, 0.3) is 0 Å². The van der Waals surface area contributed by atoms with Gasteiger partial charge in [0, 0.05) is 4.88 Å². The largest absolute Gasteiger partial charge is 0.418 e. The van der Waals surface area contributed by atoms with Crippen molar-refractivity contribution in [1.29, 1.82) is 0 Å². The highest BCUT2D eigenvalue weighted by molar-refractivity contribution is 7.10. The fraction of sp³-hybridized carbons (Fsp3) is 0.353. The topological polar surface area (TPSA) is 61.4 Å². The second kappa shape index (κ2) is 6.68. The van der Waals surface area contributed by atoms with Gasteiger partial charge in [0.2, 0.25) is 0 Å². The number of thiophene rings is 1. The number of para-hydroxylation sites is 1. The minimum Gasteiger partial charge on any atom is -0.382 e. The van der Waals surface area contributed by atoms with Crippen LogP contribution in [0.15, 0.2) is 41.8 Å². The van der Waals surface area contributed by atoms with Gasteiger partial charge in [0.25, 0.3) is 0 Å². The SMILES string of the molecule is O=C(NC[C@@](O)(c1cccs1)C1CC1)Nc1ccccc1C(F)(F)F. The van der Waals surface area contributed by atoms with E-state index in [9.17, 15) is 23.1 Å². The molecule has 1 heterocycles. The zero-order valence-electron chi connectivity index (χ0n) is 13.1. The third-order valence-electron chi connectivity index (χ3n) is 4.20. The minimum atomic E-state index is -4.56. The van der Waals surface area contributed by atoms with Crippen molar-refractivity contribution >= 4 is 23.1 Å². The summed E-state index contributed by atoms with van der Waals surface area (Å²) in [6.45, 7) is -0.0573. The summed E-state index contributed by atoms with van der Waals surface area (Å²) in [5.41, 5.74) is -2.42. The average Bonchev–Trinajstić information content (AvgIpc) is 3.27. The number of amides is 2. The molecule has 1 aliphatic carbocycles. The van der Waals surface area contributed by atoms with E-state index >= 15 is 0 Å². The lowest BCUT2D eigenvalue weighted by atomic mass is 9.96. The number of hydrogen-bond acceptors (Lipinski definition) is 3. The number of benzene rings is 1. The molecule has 2 amide bonds. The molecule has 1 aromatic heterocycles. The fourth-order valence-electron chi connectivity index (χ4n) is 2.74. The van der Waals surface area contributed by atoms with Crippen molar-refractivity contribution in [1.82, 2.24) is 5.32 Å². The Bertz CT molecular complexity index is 745. The van der Waals surface area contributed by atoms with Gasteiger partial charge in [0.1, 0.15) is 5.60 Å². The van der Waals surface area contributed by atoms with Crippen LogP contribution in [0.4, 0.5) is 23.7 Å². The van der Waals surface area contributed by atoms with Crippen LogP contribution in [0.5, 0.6) is 0 Å². The molecule has 3 rings (SSSR count). The Hall–Kier alpha value is -2.06. The summed E-state index contributed by atoms with van der Waals surface area (Å²) >= 11 is 1.39. The van der Waals surface area contributed by atoms with E-state index < -0.39 is 23.4 Å². The summed E-state index contributed by atoms with van der Waals surface area (Å²) in [4.78, 5) is 12.8. The number of hydrogen-bond donors (Lipinski definition) is 3. The van der Waals surface area contributed by atoms with Crippen molar-refractivity contribution in [2.24, 2.45) is 5.92 Å². The smallest absolute Gasteiger partial charge is 0.382 e. The van der Waals surface area contributed by atoms with Crippen molar-refractivity contribution in [3.8, 4) is 0 Å². The summed E-state index contributed by atoms with van der Waals surface area (Å²) in [7, 11) is 0. The molecule has 0 radical (unpaired) electrons. The lowest BCUT2D eigenvalue weighted by Gasteiger charge is -2.27. The average molecular weight is 370 g/mol. The van der Waals surface area contributed by atoms with E-state index in [1.54, 1.807) is 6.07 Å². The van der Waals surface area contributed by atoms with Gasteiger partial charge in [-0.15, -0.1) is 11.3 Å². The maximum Gasteiger partial charge on any atom is 0.418 e. The number of rotatable bonds is 5. The molecule has 0 unspecified atom stereocenters. The lowest BCUT2D eigenvalue weighted by molar-refractivity contribution is -0.136. The van der Waals surface area contributed by atoms with Gasteiger partial charge in [0.15, 0.2) is 0 Å². The van der Waals surface area contributed by atoms with Crippen molar-refractivity contribution in [3.63, 3.8) is 0 Å². The van der Waals surface area contributed by atoms with Gasteiger partial charge in [-0.2, -0.15) is 13.2 Å². The summed E-state index contributed by atoms with van der Waals surface area (Å²) in [5, 5.41) is 17.4. The molecular weight excluding hydrogens is 353 g/mol. The van der Waals surface area contributed by atoms with E-state index in [-0.39, 0.29) is 18.2 Å². The second-order valence-corrected chi connectivity index (χ2v) is 6.97. The molecule has 1 aliphatic rings. The van der Waals surface area contributed by atoms with E-state index in [1.165, 1.54) is 29.5 Å². The van der Waals surface area contributed by atoms with Crippen molar-refractivity contribution < 1.29 is 23.1 Å². The number of alkyl halides is 3. The first kappa shape index (κ1) is 17.8. The third kappa shape index (κ3) is 3.96. The molecule has 8 heteroatoms. The van der Waals surface area contributed by atoms with Crippen molar-refractivity contribution in [2.75, 3.05) is 11.9 Å². The van der Waals surface area contributed by atoms with Crippen LogP contribution in [-0.4, -0.2) is 17.7 Å². The summed E-state index contributed by atoms with van der Waals surface area (Å²) in [5.74, 6) is 0.0499. The highest BCUT2D eigenvalue weighted by atomic mass is 32.1. The zero-order valence-corrected chi connectivity index (χ0v) is 14.0. The minimum absolute atomic E-state index is 0.0499. The molecule has 0 saturated heterocycles. The second-order valence-electron chi connectivity index (χ2n) is 6.03. The Balaban J connectivity index is 1.68. The first-order valence-corrected chi connectivity index (χ1v) is 8.66. The Morgan fingerprint density at radius 3 is 2.52 bits per heavy atom. The quantitative estimate of drug-likeness (QED) is 0.739. The van der Waals surface area contributed by atoms with E-state index in [2.05, 4.69) is 10.6 Å². The number of halogens is 3. The maximum absolute atomic E-state index is 13.0. The van der Waals surface area contributed by atoms with E-state index in [4.69, 9.17) is 0 Å². The molecule has 1 atom stereocenters. The first-order chi connectivity index (χ1) is 11.8. The molecule has 1 aromatic carbocycles. The molecule has 0 bridgehead atoms. The number of carbonyl (C=O) groups excluding carboxylic acids is 1. The van der Waals surface area contributed by atoms with Crippen LogP contribution in [0.2, 0.25) is 0 Å². The van der Waals surface area contributed by atoms with Gasteiger partial charge in [0.05, 0.1) is 17.8 Å². The standard InChI is InChI=1S/C17H17F3N2O2S/c18-17(19,20)12-4-1-2-5-13(12)22-15(23)21-10-16(24,11-7-8-11)14-6-3-9-25-14/h1-6,9,11,24H,7-8,10H2,(H2,21,22,23)/t16-/m0/s1. The van der Waals surface area contributed by atoms with E-state index in [0.29, 0.717) is 0 Å². The molecule has 1 fully saturated rings. The Labute approximate surface area is 146 Å². The first-order valence-electron chi connectivity index (χ1n) is 7.78. The highest BCUT2D eigenvalue weighted by Crippen LogP contribution is 2.46. The van der Waals surface area contributed by atoms with Crippen molar-refractivity contribution in [3.05, 3.63) is 52.2 Å². The number of anilines is 1. The lowest BCUT2D eigenvalue weighted by Crippen LogP contribution is -2.43. The van der Waals surface area contributed by atoms with Gasteiger partial charge in [-0.25, -0.2) is 4.79 Å². The molecule has 3 N–H and O–H groups in total. The van der Waals surface area contributed by atoms with Crippen LogP contribution in [0.3, 0.4) is 0 Å². The summed E-state index contributed by atoms with van der Waals surface area (Å²) in [6, 6.07) is 7.59. The predicted molar refractivity (Wildman–Crippen MR) is 89.4 cm³/mol. The summed E-state index contributed by atoms with van der Waals surface area (Å²) in [6.07, 6.45) is -2.85.